The summed E-state index contributed by atoms with van der Waals surface area (Å²) in [6.45, 7) is 1.07. The van der Waals surface area contributed by atoms with Gasteiger partial charge in [0.2, 0.25) is 5.91 Å². The first-order chi connectivity index (χ1) is 8.47. The smallest absolute Gasteiger partial charge is 0.355 e. The summed E-state index contributed by atoms with van der Waals surface area (Å²) in [6, 6.07) is 0.383. The van der Waals surface area contributed by atoms with Crippen molar-refractivity contribution in [3.63, 3.8) is 0 Å². The molecule has 1 atom stereocenters. The number of halogens is 3. The maximum atomic E-state index is 11.8. The molecule has 0 spiro atoms. The molecule has 0 aromatic rings. The number of amides is 1. The van der Waals surface area contributed by atoms with E-state index >= 15 is 0 Å². The number of carbonyl (C=O) groups is 1. The van der Waals surface area contributed by atoms with Gasteiger partial charge >= 0.3 is 5.51 Å². The van der Waals surface area contributed by atoms with E-state index in [-0.39, 0.29) is 30.0 Å². The minimum absolute atomic E-state index is 0.0705. The van der Waals surface area contributed by atoms with E-state index in [2.05, 4.69) is 10.6 Å². The summed E-state index contributed by atoms with van der Waals surface area (Å²) in [5.74, 6) is -0.290. The highest BCUT2D eigenvalue weighted by molar-refractivity contribution is 8.00. The van der Waals surface area contributed by atoms with Gasteiger partial charge in [-0.1, -0.05) is 6.42 Å². The fourth-order valence-corrected chi connectivity index (χ4v) is 2.36. The second-order valence-corrected chi connectivity index (χ2v) is 5.49. The Kier molecular flexibility index (Phi) is 6.85. The first kappa shape index (κ1) is 15.6. The SMILES string of the molecule is O=C(CCC1CCCCN1)NCCSC(F)(F)F. The van der Waals surface area contributed by atoms with E-state index in [1.165, 1.54) is 12.8 Å². The largest absolute Gasteiger partial charge is 0.441 e. The average molecular weight is 284 g/mol. The zero-order valence-corrected chi connectivity index (χ0v) is 11.0. The fraction of sp³-hybridized carbons (Fsp3) is 0.909. The number of thioether (sulfide) groups is 1. The summed E-state index contributed by atoms with van der Waals surface area (Å²) in [4.78, 5) is 11.4. The molecule has 1 aliphatic heterocycles. The summed E-state index contributed by atoms with van der Waals surface area (Å²) in [5.41, 5.74) is -4.21. The zero-order valence-electron chi connectivity index (χ0n) is 10.2. The second-order valence-electron chi connectivity index (χ2n) is 4.33. The minimum Gasteiger partial charge on any atom is -0.355 e. The highest BCUT2D eigenvalue weighted by Crippen LogP contribution is 2.29. The maximum absolute atomic E-state index is 11.8. The van der Waals surface area contributed by atoms with Gasteiger partial charge in [0.25, 0.3) is 0 Å². The summed E-state index contributed by atoms with van der Waals surface area (Å²) in [7, 11) is 0. The van der Waals surface area contributed by atoms with Crippen LogP contribution in [0, 0.1) is 0 Å². The number of alkyl halides is 3. The Morgan fingerprint density at radius 3 is 2.78 bits per heavy atom. The van der Waals surface area contributed by atoms with E-state index in [0.717, 1.165) is 19.4 Å². The van der Waals surface area contributed by atoms with E-state index in [1.54, 1.807) is 0 Å². The van der Waals surface area contributed by atoms with Crippen LogP contribution in [0.1, 0.15) is 32.1 Å². The molecule has 1 amide bonds. The van der Waals surface area contributed by atoms with Gasteiger partial charge in [0, 0.05) is 24.8 Å². The quantitative estimate of drug-likeness (QED) is 0.735. The number of piperidine rings is 1. The normalized spacial score (nSPS) is 20.7. The van der Waals surface area contributed by atoms with Gasteiger partial charge in [0.05, 0.1) is 0 Å². The lowest BCUT2D eigenvalue weighted by molar-refractivity contribution is -0.121. The molecule has 0 bridgehead atoms. The number of hydrogen-bond acceptors (Lipinski definition) is 3. The summed E-state index contributed by atoms with van der Waals surface area (Å²) < 4.78 is 35.4. The van der Waals surface area contributed by atoms with Crippen LogP contribution in [0.5, 0.6) is 0 Å². The van der Waals surface area contributed by atoms with Crippen LogP contribution in [0.25, 0.3) is 0 Å². The van der Waals surface area contributed by atoms with Crippen LogP contribution in [0.15, 0.2) is 0 Å². The van der Waals surface area contributed by atoms with E-state index in [0.29, 0.717) is 12.5 Å². The summed E-state index contributed by atoms with van der Waals surface area (Å²) >= 11 is -0.105. The van der Waals surface area contributed by atoms with Gasteiger partial charge in [-0.25, -0.2) is 0 Å². The van der Waals surface area contributed by atoms with Crippen molar-refractivity contribution in [2.75, 3.05) is 18.8 Å². The van der Waals surface area contributed by atoms with Gasteiger partial charge in [-0.2, -0.15) is 13.2 Å². The Labute approximate surface area is 109 Å². The molecular formula is C11H19F3N2OS. The molecular weight excluding hydrogens is 265 g/mol. The van der Waals surface area contributed by atoms with E-state index in [1.807, 2.05) is 0 Å². The molecule has 0 saturated carbocycles. The zero-order chi connectivity index (χ0) is 13.4. The molecule has 2 N–H and O–H groups in total. The number of carbonyl (C=O) groups excluding carboxylic acids is 1. The third kappa shape index (κ3) is 7.81. The number of nitrogens with one attached hydrogen (secondary N) is 2. The third-order valence-electron chi connectivity index (χ3n) is 2.82. The molecule has 3 nitrogen and oxygen atoms in total. The van der Waals surface area contributed by atoms with E-state index < -0.39 is 5.51 Å². The Bertz CT molecular complexity index is 255. The van der Waals surface area contributed by atoms with Crippen LogP contribution >= 0.6 is 11.8 Å². The molecule has 0 aromatic heterocycles. The van der Waals surface area contributed by atoms with Crippen molar-refractivity contribution < 1.29 is 18.0 Å². The topological polar surface area (TPSA) is 41.1 Å². The van der Waals surface area contributed by atoms with Crippen molar-refractivity contribution in [2.24, 2.45) is 0 Å². The van der Waals surface area contributed by atoms with Crippen molar-refractivity contribution in [3.05, 3.63) is 0 Å². The van der Waals surface area contributed by atoms with Crippen LogP contribution in [-0.2, 0) is 4.79 Å². The molecule has 18 heavy (non-hydrogen) atoms. The fourth-order valence-electron chi connectivity index (χ4n) is 1.92. The van der Waals surface area contributed by atoms with Crippen LogP contribution in [0.3, 0.4) is 0 Å². The highest BCUT2D eigenvalue weighted by atomic mass is 32.2. The lowest BCUT2D eigenvalue weighted by atomic mass is 10.0. The molecule has 106 valence electrons. The molecule has 1 aliphatic rings. The molecule has 0 radical (unpaired) electrons. The van der Waals surface area contributed by atoms with Gasteiger partial charge < -0.3 is 10.6 Å². The molecule has 1 heterocycles. The van der Waals surface area contributed by atoms with Crippen molar-refractivity contribution in [3.8, 4) is 0 Å². The number of rotatable bonds is 6. The molecule has 1 saturated heterocycles. The predicted molar refractivity (Wildman–Crippen MR) is 66.4 cm³/mol. The van der Waals surface area contributed by atoms with E-state index in [9.17, 15) is 18.0 Å². The lowest BCUT2D eigenvalue weighted by Gasteiger charge is -2.23. The Balaban J connectivity index is 2.00. The summed E-state index contributed by atoms with van der Waals surface area (Å²) in [6.07, 6.45) is 4.59. The van der Waals surface area contributed by atoms with Crippen molar-refractivity contribution in [1.82, 2.24) is 10.6 Å². The maximum Gasteiger partial charge on any atom is 0.441 e. The Morgan fingerprint density at radius 2 is 2.17 bits per heavy atom. The summed E-state index contributed by atoms with van der Waals surface area (Å²) in [5, 5.41) is 5.84. The second kappa shape index (κ2) is 7.89. The van der Waals surface area contributed by atoms with Crippen LogP contribution in [-0.4, -0.2) is 36.3 Å². The molecule has 0 aliphatic carbocycles. The molecule has 0 aromatic carbocycles. The minimum atomic E-state index is -4.21. The van der Waals surface area contributed by atoms with Crippen molar-refractivity contribution in [1.29, 1.82) is 0 Å². The van der Waals surface area contributed by atoms with Crippen LogP contribution < -0.4 is 10.6 Å². The van der Waals surface area contributed by atoms with Crippen molar-refractivity contribution in [2.45, 2.75) is 43.7 Å². The van der Waals surface area contributed by atoms with E-state index in [4.69, 9.17) is 0 Å². The monoisotopic (exact) mass is 284 g/mol. The highest BCUT2D eigenvalue weighted by Gasteiger charge is 2.27. The third-order valence-corrected chi connectivity index (χ3v) is 3.56. The average Bonchev–Trinajstić information content (AvgIpc) is 2.32. The van der Waals surface area contributed by atoms with Crippen molar-refractivity contribution >= 4 is 17.7 Å². The van der Waals surface area contributed by atoms with Gasteiger partial charge in [-0.15, -0.1) is 0 Å². The molecule has 1 fully saturated rings. The lowest BCUT2D eigenvalue weighted by Crippen LogP contribution is -2.35. The Hall–Kier alpha value is -0.430. The van der Waals surface area contributed by atoms with Gasteiger partial charge in [-0.3, -0.25) is 4.79 Å². The Morgan fingerprint density at radius 1 is 1.39 bits per heavy atom. The van der Waals surface area contributed by atoms with Gasteiger partial charge in [-0.05, 0) is 37.6 Å². The standard InChI is InChI=1S/C11H19F3N2OS/c12-11(13,14)18-8-7-16-10(17)5-4-9-3-1-2-6-15-9/h9,15H,1-8H2,(H,16,17). The molecule has 7 heteroatoms. The molecule has 1 unspecified atom stereocenters. The first-order valence-corrected chi connectivity index (χ1v) is 7.17. The van der Waals surface area contributed by atoms with Gasteiger partial charge in [0.1, 0.15) is 0 Å². The van der Waals surface area contributed by atoms with Crippen LogP contribution in [0.4, 0.5) is 13.2 Å². The van der Waals surface area contributed by atoms with Crippen LogP contribution in [0.2, 0.25) is 0 Å². The predicted octanol–water partition coefficient (Wildman–Crippen LogP) is 2.28. The molecule has 1 rings (SSSR count). The first-order valence-electron chi connectivity index (χ1n) is 6.18. The van der Waals surface area contributed by atoms with Gasteiger partial charge in [0.15, 0.2) is 0 Å². The number of hydrogen-bond donors (Lipinski definition) is 2.